The summed E-state index contributed by atoms with van der Waals surface area (Å²) in [5.41, 5.74) is 4.27. The van der Waals surface area contributed by atoms with Crippen molar-refractivity contribution in [2.45, 2.75) is 63.1 Å². The van der Waals surface area contributed by atoms with Gasteiger partial charge in [0, 0.05) is 25.6 Å². The third kappa shape index (κ3) is 6.49. The minimum atomic E-state index is -1.38. The summed E-state index contributed by atoms with van der Waals surface area (Å²) in [6.45, 7) is 3.95. The van der Waals surface area contributed by atoms with Gasteiger partial charge < -0.3 is 20.5 Å². The van der Waals surface area contributed by atoms with Crippen molar-refractivity contribution in [2.75, 3.05) is 19.7 Å². The topological polar surface area (TPSA) is 108 Å². The number of rotatable bonds is 11. The normalized spacial score (nSPS) is 16.6. The number of benzene rings is 3. The number of nitrogens with one attached hydrogen (secondary N) is 2. The molecule has 42 heavy (non-hydrogen) atoms. The summed E-state index contributed by atoms with van der Waals surface area (Å²) in [6.07, 6.45) is 1.80. The van der Waals surface area contributed by atoms with Crippen LogP contribution in [0.3, 0.4) is 0 Å². The molecule has 1 heterocycles. The molecule has 220 valence electrons. The van der Waals surface area contributed by atoms with Crippen molar-refractivity contribution in [2.24, 2.45) is 0 Å². The molecule has 8 heteroatoms. The summed E-state index contributed by atoms with van der Waals surface area (Å²) in [5, 5.41) is 15.7. The van der Waals surface area contributed by atoms with Crippen LogP contribution in [0.5, 0.6) is 0 Å². The lowest BCUT2D eigenvalue weighted by Crippen LogP contribution is -2.63. The number of carbonyl (C=O) groups is 3. The number of carbonyl (C=O) groups excluding carboxylic acids is 2. The highest BCUT2D eigenvalue weighted by atomic mass is 16.5. The molecule has 2 aliphatic rings. The van der Waals surface area contributed by atoms with E-state index in [-0.39, 0.29) is 25.4 Å². The fourth-order valence-electron chi connectivity index (χ4n) is 6.11. The van der Waals surface area contributed by atoms with Crippen LogP contribution in [-0.2, 0) is 20.9 Å². The molecule has 0 saturated carbocycles. The molecule has 1 fully saturated rings. The van der Waals surface area contributed by atoms with Crippen molar-refractivity contribution >= 4 is 18.0 Å². The Kier molecular flexibility index (Phi) is 9.22. The Morgan fingerprint density at radius 1 is 0.929 bits per heavy atom. The van der Waals surface area contributed by atoms with Gasteiger partial charge in [-0.1, -0.05) is 98.6 Å². The number of hydrogen-bond donors (Lipinski definition) is 3. The van der Waals surface area contributed by atoms with Crippen molar-refractivity contribution in [3.63, 3.8) is 0 Å². The van der Waals surface area contributed by atoms with Crippen LogP contribution < -0.4 is 10.6 Å². The van der Waals surface area contributed by atoms with Crippen LogP contribution in [-0.4, -0.2) is 59.3 Å². The van der Waals surface area contributed by atoms with Gasteiger partial charge in [-0.3, -0.25) is 9.69 Å². The molecule has 1 aliphatic carbocycles. The Morgan fingerprint density at radius 2 is 1.52 bits per heavy atom. The zero-order valence-corrected chi connectivity index (χ0v) is 24.1. The van der Waals surface area contributed by atoms with E-state index in [4.69, 9.17) is 4.74 Å². The minimum absolute atomic E-state index is 0.0950. The highest BCUT2D eigenvalue weighted by molar-refractivity contribution is 5.91. The van der Waals surface area contributed by atoms with Crippen molar-refractivity contribution in [3.8, 4) is 11.1 Å². The van der Waals surface area contributed by atoms with E-state index in [9.17, 15) is 19.5 Å². The van der Waals surface area contributed by atoms with Gasteiger partial charge in [0.2, 0.25) is 5.91 Å². The average molecular weight is 570 g/mol. The van der Waals surface area contributed by atoms with Crippen LogP contribution >= 0.6 is 0 Å². The zero-order chi connectivity index (χ0) is 29.5. The monoisotopic (exact) mass is 569 g/mol. The summed E-state index contributed by atoms with van der Waals surface area (Å²) in [6, 6.07) is 25.4. The fraction of sp³-hybridized carbons (Fsp3) is 0.382. The summed E-state index contributed by atoms with van der Waals surface area (Å²) in [5.74, 6) is -1.64. The van der Waals surface area contributed by atoms with Gasteiger partial charge in [-0.2, -0.15) is 0 Å². The molecule has 0 spiro atoms. The number of piperidine rings is 1. The number of amides is 2. The molecule has 2 amide bonds. The number of fused-ring (bicyclic) bond motifs is 3. The predicted molar refractivity (Wildman–Crippen MR) is 161 cm³/mol. The molecular weight excluding hydrogens is 530 g/mol. The van der Waals surface area contributed by atoms with Crippen LogP contribution in [0.2, 0.25) is 0 Å². The Balaban J connectivity index is 1.20. The highest BCUT2D eigenvalue weighted by Crippen LogP contribution is 2.44. The Hall–Kier alpha value is -4.17. The highest BCUT2D eigenvalue weighted by Gasteiger charge is 2.44. The number of unbranched alkanes of at least 4 members (excludes halogenated alkanes) is 1. The number of carboxylic acid groups (broad SMARTS) is 1. The Morgan fingerprint density at radius 3 is 2.12 bits per heavy atom. The van der Waals surface area contributed by atoms with Crippen LogP contribution in [0.1, 0.15) is 61.6 Å². The number of aliphatic carboxylic acids is 1. The van der Waals surface area contributed by atoms with Gasteiger partial charge in [0.25, 0.3) is 0 Å². The second-order valence-electron chi connectivity index (χ2n) is 11.3. The van der Waals surface area contributed by atoms with E-state index in [2.05, 4.69) is 39.8 Å². The van der Waals surface area contributed by atoms with E-state index in [1.165, 1.54) is 0 Å². The minimum Gasteiger partial charge on any atom is -0.480 e. The van der Waals surface area contributed by atoms with Gasteiger partial charge >= 0.3 is 12.1 Å². The summed E-state index contributed by atoms with van der Waals surface area (Å²) in [7, 11) is 0. The summed E-state index contributed by atoms with van der Waals surface area (Å²) in [4.78, 5) is 41.1. The van der Waals surface area contributed by atoms with E-state index < -0.39 is 29.6 Å². The SMILES string of the molecule is CCCC[C@H](NC(=O)OCC1c2ccccc2-c2ccccc21)C(=O)NC1(C(=O)O)CCN(Cc2ccccc2)CC1. The molecule has 5 rings (SSSR count). The second kappa shape index (κ2) is 13.2. The molecule has 3 aromatic carbocycles. The number of likely N-dealkylation sites (tertiary alicyclic amines) is 1. The van der Waals surface area contributed by atoms with Crippen molar-refractivity contribution < 1.29 is 24.2 Å². The lowest BCUT2D eigenvalue weighted by atomic mass is 9.86. The zero-order valence-electron chi connectivity index (χ0n) is 24.1. The smallest absolute Gasteiger partial charge is 0.407 e. The lowest BCUT2D eigenvalue weighted by molar-refractivity contribution is -0.150. The Bertz CT molecular complexity index is 1360. The first kappa shape index (κ1) is 29.3. The van der Waals surface area contributed by atoms with Gasteiger partial charge in [-0.05, 0) is 47.1 Å². The maximum absolute atomic E-state index is 13.5. The first-order chi connectivity index (χ1) is 20.4. The second-order valence-corrected chi connectivity index (χ2v) is 11.3. The number of carboxylic acids is 1. The van der Waals surface area contributed by atoms with Gasteiger partial charge in [0.05, 0.1) is 0 Å². The Labute approximate surface area is 247 Å². The third-order valence-corrected chi connectivity index (χ3v) is 8.53. The van der Waals surface area contributed by atoms with E-state index >= 15 is 0 Å². The van der Waals surface area contributed by atoms with Crippen LogP contribution in [0.4, 0.5) is 4.79 Å². The molecule has 3 aromatic rings. The van der Waals surface area contributed by atoms with E-state index in [0.717, 1.165) is 40.8 Å². The molecular formula is C34H39N3O5. The molecule has 0 unspecified atom stereocenters. The standard InChI is InChI=1S/C34H39N3O5/c1-2-3-17-30(31(38)36-34(32(39)40)18-20-37(21-19-34)22-24-11-5-4-6-12-24)35-33(41)42-23-29-27-15-9-7-13-25(27)26-14-8-10-16-28(26)29/h4-16,29-30H,2-3,17-23H2,1H3,(H,35,41)(H,36,38)(H,39,40)/t30-/m0/s1. The van der Waals surface area contributed by atoms with E-state index in [0.29, 0.717) is 25.9 Å². The molecule has 1 atom stereocenters. The van der Waals surface area contributed by atoms with Crippen molar-refractivity contribution in [3.05, 3.63) is 95.6 Å². The number of nitrogens with zero attached hydrogens (tertiary/aromatic N) is 1. The fourth-order valence-corrected chi connectivity index (χ4v) is 6.11. The molecule has 3 N–H and O–H groups in total. The molecule has 0 aromatic heterocycles. The number of hydrogen-bond acceptors (Lipinski definition) is 5. The van der Waals surface area contributed by atoms with E-state index in [1.807, 2.05) is 61.5 Å². The molecule has 0 bridgehead atoms. The third-order valence-electron chi connectivity index (χ3n) is 8.53. The van der Waals surface area contributed by atoms with E-state index in [1.54, 1.807) is 0 Å². The number of ether oxygens (including phenoxy) is 1. The molecule has 0 radical (unpaired) electrons. The van der Waals surface area contributed by atoms with Crippen molar-refractivity contribution in [1.82, 2.24) is 15.5 Å². The molecule has 1 aliphatic heterocycles. The van der Waals surface area contributed by atoms with Gasteiger partial charge in [0.15, 0.2) is 0 Å². The van der Waals surface area contributed by atoms with Crippen LogP contribution in [0.25, 0.3) is 11.1 Å². The first-order valence-corrected chi connectivity index (χ1v) is 14.8. The predicted octanol–water partition coefficient (Wildman–Crippen LogP) is 5.32. The van der Waals surface area contributed by atoms with Gasteiger partial charge in [-0.25, -0.2) is 9.59 Å². The van der Waals surface area contributed by atoms with Gasteiger partial charge in [0.1, 0.15) is 18.2 Å². The quantitative estimate of drug-likeness (QED) is 0.289. The summed E-state index contributed by atoms with van der Waals surface area (Å²) >= 11 is 0. The lowest BCUT2D eigenvalue weighted by Gasteiger charge is -2.40. The molecule has 1 saturated heterocycles. The largest absolute Gasteiger partial charge is 0.480 e. The molecule has 8 nitrogen and oxygen atoms in total. The van der Waals surface area contributed by atoms with Gasteiger partial charge in [-0.15, -0.1) is 0 Å². The maximum atomic E-state index is 13.5. The number of alkyl carbamates (subject to hydrolysis) is 1. The summed E-state index contributed by atoms with van der Waals surface area (Å²) < 4.78 is 5.68. The first-order valence-electron chi connectivity index (χ1n) is 14.8. The maximum Gasteiger partial charge on any atom is 0.407 e. The van der Waals surface area contributed by atoms with Crippen molar-refractivity contribution in [1.29, 1.82) is 0 Å². The van der Waals surface area contributed by atoms with Crippen LogP contribution in [0, 0.1) is 0 Å². The average Bonchev–Trinajstić information content (AvgIpc) is 3.33. The van der Waals surface area contributed by atoms with Crippen LogP contribution in [0.15, 0.2) is 78.9 Å².